The lowest BCUT2D eigenvalue weighted by Crippen LogP contribution is -2.37. The monoisotopic (exact) mass is 625 g/mol. The Morgan fingerprint density at radius 2 is 1.59 bits per heavy atom. The summed E-state index contributed by atoms with van der Waals surface area (Å²) >= 11 is 11.9. The van der Waals surface area contributed by atoms with Crippen LogP contribution in [0.25, 0.3) is 0 Å². The molecule has 0 saturated carbocycles. The number of hydrogen-bond acceptors (Lipinski definition) is 5. The first kappa shape index (κ1) is 26.1. The maximum absolute atomic E-state index is 12.7. The summed E-state index contributed by atoms with van der Waals surface area (Å²) in [5.74, 6) is 0.0765. The molecule has 3 aromatic carbocycles. The van der Waals surface area contributed by atoms with Gasteiger partial charge < -0.3 is 10.1 Å². The zero-order valence-corrected chi connectivity index (χ0v) is 23.0. The molecule has 0 unspecified atom stereocenters. The molecule has 34 heavy (non-hydrogen) atoms. The van der Waals surface area contributed by atoms with Crippen molar-refractivity contribution in [3.63, 3.8) is 0 Å². The molecule has 0 aromatic heterocycles. The molecule has 178 valence electrons. The highest BCUT2D eigenvalue weighted by molar-refractivity contribution is 9.11. The average molecular weight is 627 g/mol. The van der Waals surface area contributed by atoms with Crippen molar-refractivity contribution < 1.29 is 17.9 Å². The fourth-order valence-corrected chi connectivity index (χ4v) is 5.46. The molecular formula is C23H21Br2N3O4S2. The van der Waals surface area contributed by atoms with E-state index in [4.69, 9.17) is 17.0 Å². The number of halogens is 2. The standard InChI is InChI=1S/C23H21Br2N3O4S2/c1-14-9-15(2)11-18(10-14)28-34(30,31)19-6-4-17(5-7-19)26-23(33)27-22(29)13-32-21-8-3-16(24)12-20(21)25/h3-12,28H,13H2,1-2H3,(H2,26,27,29,33). The van der Waals surface area contributed by atoms with Gasteiger partial charge in [-0.25, -0.2) is 8.42 Å². The molecule has 11 heteroatoms. The lowest BCUT2D eigenvalue weighted by Gasteiger charge is -2.12. The normalized spacial score (nSPS) is 10.9. The number of sulfonamides is 1. The molecular weight excluding hydrogens is 606 g/mol. The van der Waals surface area contributed by atoms with Crippen molar-refractivity contribution in [2.75, 3.05) is 16.6 Å². The van der Waals surface area contributed by atoms with Gasteiger partial charge in [0.1, 0.15) is 5.75 Å². The Hall–Kier alpha value is -2.47. The van der Waals surface area contributed by atoms with Crippen LogP contribution in [0, 0.1) is 13.8 Å². The maximum Gasteiger partial charge on any atom is 0.264 e. The van der Waals surface area contributed by atoms with E-state index in [0.29, 0.717) is 21.6 Å². The number of ether oxygens (including phenoxy) is 1. The lowest BCUT2D eigenvalue weighted by atomic mass is 10.1. The molecule has 0 heterocycles. The van der Waals surface area contributed by atoms with Gasteiger partial charge in [0.25, 0.3) is 15.9 Å². The van der Waals surface area contributed by atoms with Crippen molar-refractivity contribution in [1.82, 2.24) is 5.32 Å². The van der Waals surface area contributed by atoms with E-state index in [-0.39, 0.29) is 16.6 Å². The molecule has 0 saturated heterocycles. The number of anilines is 2. The number of aryl methyl sites for hydroxylation is 2. The highest BCUT2D eigenvalue weighted by Gasteiger charge is 2.15. The molecule has 0 fully saturated rings. The van der Waals surface area contributed by atoms with Crippen LogP contribution in [0.15, 0.2) is 74.5 Å². The summed E-state index contributed by atoms with van der Waals surface area (Å²) < 4.78 is 35.0. The van der Waals surface area contributed by atoms with Crippen LogP contribution < -0.4 is 20.1 Å². The van der Waals surface area contributed by atoms with Gasteiger partial charge in [0.15, 0.2) is 11.7 Å². The SMILES string of the molecule is Cc1cc(C)cc(NS(=O)(=O)c2ccc(NC(=S)NC(=O)COc3ccc(Br)cc3Br)cc2)c1. The fourth-order valence-electron chi connectivity index (χ4n) is 3.03. The van der Waals surface area contributed by atoms with Gasteiger partial charge in [-0.15, -0.1) is 0 Å². The number of carbonyl (C=O) groups excluding carboxylic acids is 1. The van der Waals surface area contributed by atoms with Crippen molar-refractivity contribution in [3.8, 4) is 5.75 Å². The lowest BCUT2D eigenvalue weighted by molar-refractivity contribution is -0.121. The van der Waals surface area contributed by atoms with Gasteiger partial charge in [-0.1, -0.05) is 22.0 Å². The zero-order valence-electron chi connectivity index (χ0n) is 18.2. The van der Waals surface area contributed by atoms with E-state index >= 15 is 0 Å². The first-order chi connectivity index (χ1) is 16.0. The molecule has 3 rings (SSSR count). The van der Waals surface area contributed by atoms with Gasteiger partial charge in [-0.3, -0.25) is 14.8 Å². The third kappa shape index (κ3) is 7.52. The molecule has 0 aliphatic heterocycles. The summed E-state index contributed by atoms with van der Waals surface area (Å²) in [7, 11) is -3.75. The van der Waals surface area contributed by atoms with Crippen LogP contribution in [0.1, 0.15) is 11.1 Å². The van der Waals surface area contributed by atoms with Gasteiger partial charge in [-0.05, 0) is 108 Å². The Morgan fingerprint density at radius 3 is 2.21 bits per heavy atom. The van der Waals surface area contributed by atoms with Gasteiger partial charge >= 0.3 is 0 Å². The third-order valence-corrected chi connectivity index (χ3v) is 7.12. The Morgan fingerprint density at radius 1 is 0.941 bits per heavy atom. The molecule has 0 radical (unpaired) electrons. The first-order valence-corrected chi connectivity index (χ1v) is 13.4. The second-order valence-corrected chi connectivity index (χ2v) is 11.2. The Balaban J connectivity index is 1.55. The van der Waals surface area contributed by atoms with Gasteiger partial charge in [0.2, 0.25) is 0 Å². The number of thiocarbonyl (C=S) groups is 1. The van der Waals surface area contributed by atoms with Crippen molar-refractivity contribution in [2.24, 2.45) is 0 Å². The number of amides is 1. The number of benzene rings is 3. The van der Waals surface area contributed by atoms with Crippen LogP contribution in [-0.2, 0) is 14.8 Å². The second kappa shape index (κ2) is 11.3. The second-order valence-electron chi connectivity index (χ2n) is 7.37. The van der Waals surface area contributed by atoms with Gasteiger partial charge in [0, 0.05) is 15.8 Å². The van der Waals surface area contributed by atoms with Gasteiger partial charge in [-0.2, -0.15) is 0 Å². The highest BCUT2D eigenvalue weighted by atomic mass is 79.9. The number of nitrogens with one attached hydrogen (secondary N) is 3. The molecule has 3 aromatic rings. The van der Waals surface area contributed by atoms with E-state index in [9.17, 15) is 13.2 Å². The molecule has 0 spiro atoms. The van der Waals surface area contributed by atoms with E-state index in [0.717, 1.165) is 15.6 Å². The molecule has 0 aliphatic carbocycles. The van der Waals surface area contributed by atoms with Crippen LogP contribution in [-0.4, -0.2) is 26.0 Å². The van der Waals surface area contributed by atoms with E-state index < -0.39 is 15.9 Å². The quantitative estimate of drug-likeness (QED) is 0.299. The Kier molecular flexibility index (Phi) is 8.69. The fraction of sp³-hybridized carbons (Fsp3) is 0.130. The molecule has 0 aliphatic rings. The smallest absolute Gasteiger partial charge is 0.264 e. The summed E-state index contributed by atoms with van der Waals surface area (Å²) in [6, 6.07) is 16.8. The summed E-state index contributed by atoms with van der Waals surface area (Å²) in [6.45, 7) is 3.57. The van der Waals surface area contributed by atoms with Crippen LogP contribution in [0.5, 0.6) is 5.75 Å². The third-order valence-electron chi connectivity index (χ3n) is 4.40. The van der Waals surface area contributed by atoms with E-state index in [1.807, 2.05) is 19.9 Å². The van der Waals surface area contributed by atoms with Crippen LogP contribution >= 0.6 is 44.1 Å². The Labute approximate surface area is 220 Å². The molecule has 0 atom stereocenters. The minimum atomic E-state index is -3.75. The van der Waals surface area contributed by atoms with E-state index in [2.05, 4.69) is 47.2 Å². The minimum absolute atomic E-state index is 0.0624. The van der Waals surface area contributed by atoms with Crippen molar-refractivity contribution in [1.29, 1.82) is 0 Å². The number of carbonyl (C=O) groups is 1. The summed E-state index contributed by atoms with van der Waals surface area (Å²) in [6.07, 6.45) is 0. The Bertz CT molecular complexity index is 1310. The molecule has 1 amide bonds. The number of hydrogen-bond donors (Lipinski definition) is 3. The summed E-state index contributed by atoms with van der Waals surface area (Å²) in [5, 5.41) is 5.43. The largest absolute Gasteiger partial charge is 0.483 e. The predicted octanol–water partition coefficient (Wildman–Crippen LogP) is 5.52. The van der Waals surface area contributed by atoms with Gasteiger partial charge in [0.05, 0.1) is 9.37 Å². The molecule has 7 nitrogen and oxygen atoms in total. The van der Waals surface area contributed by atoms with E-state index in [1.54, 1.807) is 42.5 Å². The van der Waals surface area contributed by atoms with Crippen LogP contribution in [0.4, 0.5) is 11.4 Å². The highest BCUT2D eigenvalue weighted by Crippen LogP contribution is 2.28. The van der Waals surface area contributed by atoms with Crippen LogP contribution in [0.2, 0.25) is 0 Å². The summed E-state index contributed by atoms with van der Waals surface area (Å²) in [5.41, 5.74) is 2.94. The van der Waals surface area contributed by atoms with Crippen molar-refractivity contribution >= 4 is 76.5 Å². The van der Waals surface area contributed by atoms with Crippen LogP contribution in [0.3, 0.4) is 0 Å². The number of rotatable bonds is 7. The predicted molar refractivity (Wildman–Crippen MR) is 145 cm³/mol. The first-order valence-electron chi connectivity index (χ1n) is 9.92. The topological polar surface area (TPSA) is 96.5 Å². The molecule has 3 N–H and O–H groups in total. The average Bonchev–Trinajstić information content (AvgIpc) is 2.72. The van der Waals surface area contributed by atoms with Crippen molar-refractivity contribution in [3.05, 3.63) is 80.7 Å². The zero-order chi connectivity index (χ0) is 24.9. The van der Waals surface area contributed by atoms with E-state index in [1.165, 1.54) is 12.1 Å². The maximum atomic E-state index is 12.7. The molecule has 0 bridgehead atoms. The minimum Gasteiger partial charge on any atom is -0.483 e. The van der Waals surface area contributed by atoms with Crippen molar-refractivity contribution in [2.45, 2.75) is 18.7 Å². The summed E-state index contributed by atoms with van der Waals surface area (Å²) in [4.78, 5) is 12.2.